The number of benzene rings is 1. The smallest absolute Gasteiger partial charge is 0.251 e. The van der Waals surface area contributed by atoms with Gasteiger partial charge in [-0.3, -0.25) is 9.59 Å². The van der Waals surface area contributed by atoms with Gasteiger partial charge < -0.3 is 20.9 Å². The molecule has 28 heavy (non-hydrogen) atoms. The van der Waals surface area contributed by atoms with Gasteiger partial charge in [0.25, 0.3) is 5.91 Å². The molecule has 3 aliphatic rings. The summed E-state index contributed by atoms with van der Waals surface area (Å²) >= 11 is 0. The minimum Gasteiger partial charge on any atom is -0.346 e. The molecule has 1 aromatic carbocycles. The topological polar surface area (TPSA) is 78.7 Å². The van der Waals surface area contributed by atoms with E-state index in [0.29, 0.717) is 30.5 Å². The molecule has 2 saturated heterocycles. The zero-order chi connectivity index (χ0) is 19.7. The number of hydrogen-bond donors (Lipinski definition) is 2. The molecule has 2 amide bonds. The first kappa shape index (κ1) is 19.4. The van der Waals surface area contributed by atoms with Gasteiger partial charge in [0.15, 0.2) is 0 Å². The third-order valence-electron chi connectivity index (χ3n) is 6.77. The molecule has 2 aliphatic heterocycles. The van der Waals surface area contributed by atoms with Crippen LogP contribution >= 0.6 is 0 Å². The van der Waals surface area contributed by atoms with Crippen molar-refractivity contribution in [2.24, 2.45) is 5.73 Å². The molecule has 2 unspecified atom stereocenters. The maximum Gasteiger partial charge on any atom is 0.251 e. The maximum absolute atomic E-state index is 12.7. The maximum atomic E-state index is 12.7. The molecular weight excluding hydrogens is 352 g/mol. The monoisotopic (exact) mass is 384 g/mol. The Balaban J connectivity index is 1.38. The number of hydrogen-bond acceptors (Lipinski definition) is 4. The summed E-state index contributed by atoms with van der Waals surface area (Å²) in [5.74, 6) is -0.0787. The number of carbonyl (C=O) groups is 2. The van der Waals surface area contributed by atoms with Gasteiger partial charge in [0.05, 0.1) is 6.04 Å². The third-order valence-corrected chi connectivity index (χ3v) is 6.77. The van der Waals surface area contributed by atoms with Crippen molar-refractivity contribution in [3.05, 3.63) is 35.4 Å². The third kappa shape index (κ3) is 4.08. The summed E-state index contributed by atoms with van der Waals surface area (Å²) in [6.07, 6.45) is 5.83. The van der Waals surface area contributed by atoms with Crippen molar-refractivity contribution in [3.63, 3.8) is 0 Å². The lowest BCUT2D eigenvalue weighted by Crippen LogP contribution is -2.59. The summed E-state index contributed by atoms with van der Waals surface area (Å²) in [6, 6.07) is 7.81. The van der Waals surface area contributed by atoms with Gasteiger partial charge >= 0.3 is 0 Å². The lowest BCUT2D eigenvalue weighted by atomic mass is 9.94. The highest BCUT2D eigenvalue weighted by atomic mass is 16.2. The van der Waals surface area contributed by atoms with E-state index in [2.05, 4.69) is 22.3 Å². The van der Waals surface area contributed by atoms with Crippen LogP contribution in [0.5, 0.6) is 0 Å². The first-order chi connectivity index (χ1) is 13.5. The number of nitrogens with two attached hydrogens (primary N) is 1. The quantitative estimate of drug-likeness (QED) is 0.806. The molecule has 0 aromatic heterocycles. The largest absolute Gasteiger partial charge is 0.346 e. The number of nitrogens with zero attached hydrogens (tertiary/aromatic N) is 2. The molecule has 0 spiro atoms. The van der Waals surface area contributed by atoms with Crippen LogP contribution in [0.3, 0.4) is 0 Å². The molecule has 0 radical (unpaired) electrons. The van der Waals surface area contributed by atoms with Crippen LogP contribution in [0, 0.1) is 0 Å². The van der Waals surface area contributed by atoms with Crippen LogP contribution in [0.2, 0.25) is 0 Å². The predicted octanol–water partition coefficient (Wildman–Crippen LogP) is 1.49. The van der Waals surface area contributed by atoms with E-state index in [4.69, 9.17) is 5.73 Å². The molecule has 6 nitrogen and oxygen atoms in total. The first-order valence-corrected chi connectivity index (χ1v) is 10.6. The van der Waals surface area contributed by atoms with Gasteiger partial charge in [-0.15, -0.1) is 0 Å². The summed E-state index contributed by atoms with van der Waals surface area (Å²) < 4.78 is 0. The Morgan fingerprint density at radius 2 is 1.82 bits per heavy atom. The van der Waals surface area contributed by atoms with Crippen LogP contribution in [0.15, 0.2) is 24.3 Å². The van der Waals surface area contributed by atoms with Crippen molar-refractivity contribution in [1.29, 1.82) is 0 Å². The van der Waals surface area contributed by atoms with Gasteiger partial charge in [-0.05, 0) is 62.9 Å². The van der Waals surface area contributed by atoms with Gasteiger partial charge in [0, 0.05) is 43.6 Å². The van der Waals surface area contributed by atoms with Crippen LogP contribution in [0.4, 0.5) is 0 Å². The van der Waals surface area contributed by atoms with Gasteiger partial charge in [-0.25, -0.2) is 0 Å². The molecule has 3 N–H and O–H groups in total. The van der Waals surface area contributed by atoms with E-state index in [1.807, 2.05) is 12.1 Å². The molecule has 3 fully saturated rings. The molecule has 1 aromatic rings. The van der Waals surface area contributed by atoms with Crippen LogP contribution in [0.25, 0.3) is 0 Å². The summed E-state index contributed by atoms with van der Waals surface area (Å²) in [5, 5.41) is 3.04. The number of piperidine rings is 1. The number of nitrogens with one attached hydrogen (secondary N) is 1. The van der Waals surface area contributed by atoms with Crippen molar-refractivity contribution >= 4 is 11.8 Å². The summed E-state index contributed by atoms with van der Waals surface area (Å²) in [6.45, 7) is 6.30. The Morgan fingerprint density at radius 3 is 2.43 bits per heavy atom. The normalized spacial score (nSPS) is 26.9. The van der Waals surface area contributed by atoms with Crippen LogP contribution in [0.1, 0.15) is 54.9 Å². The fraction of sp³-hybridized carbons (Fsp3) is 0.636. The lowest BCUT2D eigenvalue weighted by molar-refractivity contribution is -0.130. The fourth-order valence-corrected chi connectivity index (χ4v) is 4.69. The molecule has 1 saturated carbocycles. The Bertz CT molecular complexity index is 723. The van der Waals surface area contributed by atoms with Gasteiger partial charge in [0.2, 0.25) is 5.91 Å². The highest BCUT2D eigenvalue weighted by Crippen LogP contribution is 2.49. The first-order valence-electron chi connectivity index (χ1n) is 10.6. The molecule has 0 bridgehead atoms. The zero-order valence-corrected chi connectivity index (χ0v) is 16.8. The van der Waals surface area contributed by atoms with Crippen molar-refractivity contribution in [3.8, 4) is 0 Å². The minimum atomic E-state index is -0.199. The fourth-order valence-electron chi connectivity index (χ4n) is 4.69. The van der Waals surface area contributed by atoms with Crippen LogP contribution < -0.4 is 11.1 Å². The van der Waals surface area contributed by atoms with Crippen molar-refractivity contribution in [2.75, 3.05) is 32.7 Å². The van der Waals surface area contributed by atoms with Crippen molar-refractivity contribution in [2.45, 2.75) is 56.5 Å². The number of likely N-dealkylation sites (tertiary alicyclic amines) is 2. The van der Waals surface area contributed by atoms with Gasteiger partial charge in [0.1, 0.15) is 0 Å². The van der Waals surface area contributed by atoms with E-state index in [9.17, 15) is 9.59 Å². The van der Waals surface area contributed by atoms with Crippen molar-refractivity contribution in [1.82, 2.24) is 15.1 Å². The molecular formula is C22H32N4O2. The van der Waals surface area contributed by atoms with E-state index in [1.165, 1.54) is 44.3 Å². The Labute approximate surface area is 167 Å². The standard InChI is InChI=1S/C22H32N4O2/c1-16(27)26-13-8-19(23)20(14-26)24-21(28)17-4-6-18(7-5-17)22(9-10-22)15-25-11-2-3-12-25/h4-7,19-20H,2-3,8-15,23H2,1H3,(H,24,28). The van der Waals surface area contributed by atoms with E-state index >= 15 is 0 Å². The average molecular weight is 385 g/mol. The Morgan fingerprint density at radius 1 is 1.14 bits per heavy atom. The Kier molecular flexibility index (Phi) is 5.43. The summed E-state index contributed by atoms with van der Waals surface area (Å²) in [5.41, 5.74) is 8.49. The van der Waals surface area contributed by atoms with Crippen LogP contribution in [-0.4, -0.2) is 66.4 Å². The highest BCUT2D eigenvalue weighted by molar-refractivity contribution is 5.94. The van der Waals surface area contributed by atoms with Gasteiger partial charge in [-0.2, -0.15) is 0 Å². The Hall–Kier alpha value is -1.92. The molecule has 4 rings (SSSR count). The molecule has 6 heteroatoms. The van der Waals surface area contributed by atoms with Crippen LogP contribution in [-0.2, 0) is 10.2 Å². The molecule has 1 aliphatic carbocycles. The highest BCUT2D eigenvalue weighted by Gasteiger charge is 2.45. The number of rotatable bonds is 5. The molecule has 2 atom stereocenters. The lowest BCUT2D eigenvalue weighted by Gasteiger charge is -2.36. The van der Waals surface area contributed by atoms with E-state index in [0.717, 1.165) is 6.54 Å². The summed E-state index contributed by atoms with van der Waals surface area (Å²) in [4.78, 5) is 28.7. The van der Waals surface area contributed by atoms with Crippen molar-refractivity contribution < 1.29 is 9.59 Å². The second kappa shape index (κ2) is 7.84. The molecule has 2 heterocycles. The SMILES string of the molecule is CC(=O)N1CCC(N)C(NC(=O)c2ccc(C3(CN4CCCC4)CC3)cc2)C1. The van der Waals surface area contributed by atoms with E-state index in [1.54, 1.807) is 11.8 Å². The van der Waals surface area contributed by atoms with E-state index < -0.39 is 0 Å². The second-order valence-corrected chi connectivity index (χ2v) is 8.84. The zero-order valence-electron chi connectivity index (χ0n) is 16.8. The van der Waals surface area contributed by atoms with E-state index in [-0.39, 0.29) is 23.9 Å². The second-order valence-electron chi connectivity index (χ2n) is 8.84. The minimum absolute atomic E-state index is 0.0308. The number of amides is 2. The summed E-state index contributed by atoms with van der Waals surface area (Å²) in [7, 11) is 0. The predicted molar refractivity (Wildman–Crippen MR) is 109 cm³/mol. The van der Waals surface area contributed by atoms with Gasteiger partial charge in [-0.1, -0.05) is 12.1 Å². The molecule has 152 valence electrons. The average Bonchev–Trinajstić information content (AvgIpc) is 3.28. The number of carbonyl (C=O) groups excluding carboxylic acids is 2.